The van der Waals surface area contributed by atoms with Gasteiger partial charge in [0.1, 0.15) is 16.7 Å². The molecule has 0 aliphatic heterocycles. The second-order valence-electron chi connectivity index (χ2n) is 5.09. The van der Waals surface area contributed by atoms with Gasteiger partial charge >= 0.3 is 0 Å². The molecule has 5 nitrogen and oxygen atoms in total. The molecule has 1 fully saturated rings. The third-order valence-electron chi connectivity index (χ3n) is 3.16. The van der Waals surface area contributed by atoms with E-state index in [2.05, 4.69) is 9.71 Å². The van der Waals surface area contributed by atoms with Crippen LogP contribution in [0.3, 0.4) is 0 Å². The number of rotatable bonds is 4. The number of nitriles is 1. The fraction of sp³-hybridized carbons (Fsp3) is 0.500. The molecule has 0 spiro atoms. The van der Waals surface area contributed by atoms with Gasteiger partial charge in [0.15, 0.2) is 0 Å². The predicted molar refractivity (Wildman–Crippen MR) is 66.1 cm³/mol. The van der Waals surface area contributed by atoms with Crippen molar-refractivity contribution in [3.8, 4) is 6.07 Å². The maximum Gasteiger partial charge on any atom is 0.242 e. The average molecular weight is 265 g/mol. The monoisotopic (exact) mass is 265 g/mol. The number of hydrogen-bond donors (Lipinski definition) is 1. The van der Waals surface area contributed by atoms with Crippen LogP contribution in [-0.4, -0.2) is 18.9 Å². The minimum atomic E-state index is -3.57. The van der Waals surface area contributed by atoms with E-state index in [9.17, 15) is 8.42 Å². The first-order valence-electron chi connectivity index (χ1n) is 5.75. The lowest BCUT2D eigenvalue weighted by atomic mass is 10.0. The van der Waals surface area contributed by atoms with Gasteiger partial charge in [0, 0.05) is 11.7 Å². The van der Waals surface area contributed by atoms with E-state index >= 15 is 0 Å². The molecule has 1 aromatic rings. The van der Waals surface area contributed by atoms with Gasteiger partial charge in [-0.2, -0.15) is 5.26 Å². The molecule has 0 unspecified atom stereocenters. The summed E-state index contributed by atoms with van der Waals surface area (Å²) in [5.74, 6) is 0.401. The Morgan fingerprint density at radius 1 is 1.44 bits per heavy atom. The fourth-order valence-corrected chi connectivity index (χ4v) is 3.31. The summed E-state index contributed by atoms with van der Waals surface area (Å²) in [4.78, 5) is 3.87. The summed E-state index contributed by atoms with van der Waals surface area (Å²) in [7, 11) is -3.57. The minimum absolute atomic E-state index is 0.0928. The second kappa shape index (κ2) is 4.34. The summed E-state index contributed by atoms with van der Waals surface area (Å²) in [6.07, 6.45) is 3.33. The molecule has 0 amide bonds. The van der Waals surface area contributed by atoms with Gasteiger partial charge in [-0.25, -0.2) is 18.1 Å². The van der Waals surface area contributed by atoms with E-state index in [1.54, 1.807) is 0 Å². The normalized spacial score (nSPS) is 16.3. The predicted octanol–water partition coefficient (Wildman–Crippen LogP) is 1.42. The van der Waals surface area contributed by atoms with Crippen LogP contribution in [0.4, 0.5) is 0 Å². The molecule has 1 heterocycles. The average Bonchev–Trinajstić information content (AvgIpc) is 3.12. The Balaban J connectivity index is 2.22. The zero-order chi connectivity index (χ0) is 13.4. The Morgan fingerprint density at radius 2 is 2.11 bits per heavy atom. The van der Waals surface area contributed by atoms with Crippen LogP contribution in [0.25, 0.3) is 0 Å². The molecule has 0 bridgehead atoms. The van der Waals surface area contributed by atoms with Crippen LogP contribution >= 0.6 is 0 Å². The minimum Gasteiger partial charge on any atom is -0.244 e. The molecule has 1 aromatic heterocycles. The first-order valence-corrected chi connectivity index (χ1v) is 7.23. The highest BCUT2D eigenvalue weighted by Crippen LogP contribution is 2.39. The lowest BCUT2D eigenvalue weighted by molar-refractivity contribution is 0.400. The van der Waals surface area contributed by atoms with Crippen LogP contribution in [0.1, 0.15) is 32.4 Å². The van der Waals surface area contributed by atoms with Gasteiger partial charge in [-0.3, -0.25) is 0 Å². The highest BCUT2D eigenvalue weighted by Gasteiger charge is 2.40. The number of hydrogen-bond acceptors (Lipinski definition) is 4. The number of aromatic nitrogens is 1. The zero-order valence-corrected chi connectivity index (χ0v) is 11.2. The van der Waals surface area contributed by atoms with E-state index in [1.807, 2.05) is 19.9 Å². The number of nitrogens with zero attached hydrogens (tertiary/aromatic N) is 2. The molecule has 18 heavy (non-hydrogen) atoms. The van der Waals surface area contributed by atoms with Crippen molar-refractivity contribution in [3.05, 3.63) is 24.0 Å². The molecule has 96 valence electrons. The maximum absolute atomic E-state index is 12.1. The van der Waals surface area contributed by atoms with E-state index in [0.29, 0.717) is 5.92 Å². The van der Waals surface area contributed by atoms with Crippen molar-refractivity contribution in [1.29, 1.82) is 5.26 Å². The van der Waals surface area contributed by atoms with Gasteiger partial charge in [-0.15, -0.1) is 0 Å². The second-order valence-corrected chi connectivity index (χ2v) is 6.77. The summed E-state index contributed by atoms with van der Waals surface area (Å²) in [5.41, 5.74) is -0.234. The summed E-state index contributed by atoms with van der Waals surface area (Å²) < 4.78 is 27.0. The molecule has 0 atom stereocenters. The Morgan fingerprint density at radius 3 is 2.56 bits per heavy atom. The van der Waals surface area contributed by atoms with Crippen molar-refractivity contribution in [2.24, 2.45) is 5.92 Å². The molecule has 1 aliphatic rings. The Labute approximate surface area is 107 Å². The summed E-state index contributed by atoms with van der Waals surface area (Å²) in [5, 5.41) is 8.62. The van der Waals surface area contributed by atoms with Crippen LogP contribution < -0.4 is 4.72 Å². The van der Waals surface area contributed by atoms with Crippen LogP contribution in [0.2, 0.25) is 0 Å². The van der Waals surface area contributed by atoms with Gasteiger partial charge in [0.25, 0.3) is 0 Å². The van der Waals surface area contributed by atoms with Gasteiger partial charge < -0.3 is 0 Å². The molecule has 0 aromatic carbocycles. The number of pyridine rings is 1. The Kier molecular flexibility index (Phi) is 3.13. The maximum atomic E-state index is 12.1. The SMILES string of the molecule is CC(C)(NS(=O)(=O)c1ccc(C#N)nc1)C1CC1. The van der Waals surface area contributed by atoms with Crippen molar-refractivity contribution >= 4 is 10.0 Å². The molecular formula is C12H15N3O2S. The molecule has 1 saturated carbocycles. The molecule has 1 aliphatic carbocycles. The van der Waals surface area contributed by atoms with Crippen molar-refractivity contribution in [2.45, 2.75) is 37.1 Å². The molecule has 1 N–H and O–H groups in total. The van der Waals surface area contributed by atoms with Gasteiger partial charge in [0.05, 0.1) is 0 Å². The van der Waals surface area contributed by atoms with Gasteiger partial charge in [-0.05, 0) is 44.7 Å². The largest absolute Gasteiger partial charge is 0.244 e. The highest BCUT2D eigenvalue weighted by atomic mass is 32.2. The van der Waals surface area contributed by atoms with Crippen LogP contribution in [0.5, 0.6) is 0 Å². The standard InChI is InChI=1S/C12H15N3O2S/c1-12(2,9-3-4-9)15-18(16,17)11-6-5-10(7-13)14-8-11/h5-6,8-9,15H,3-4H2,1-2H3. The fourth-order valence-electron chi connectivity index (χ4n) is 1.90. The van der Waals surface area contributed by atoms with Gasteiger partial charge in [-0.1, -0.05) is 0 Å². The molecule has 2 rings (SSSR count). The van der Waals surface area contributed by atoms with Crippen molar-refractivity contribution in [2.75, 3.05) is 0 Å². The highest BCUT2D eigenvalue weighted by molar-refractivity contribution is 7.89. The van der Waals surface area contributed by atoms with Crippen LogP contribution in [0.15, 0.2) is 23.2 Å². The summed E-state index contributed by atoms with van der Waals surface area (Å²) >= 11 is 0. The van der Waals surface area contributed by atoms with E-state index in [1.165, 1.54) is 18.3 Å². The zero-order valence-electron chi connectivity index (χ0n) is 10.3. The number of sulfonamides is 1. The first kappa shape index (κ1) is 13.0. The lowest BCUT2D eigenvalue weighted by Crippen LogP contribution is -2.45. The van der Waals surface area contributed by atoms with E-state index in [0.717, 1.165) is 12.8 Å². The van der Waals surface area contributed by atoms with E-state index < -0.39 is 15.6 Å². The first-order chi connectivity index (χ1) is 8.35. The number of nitrogens with one attached hydrogen (secondary N) is 1. The molecular weight excluding hydrogens is 250 g/mol. The van der Waals surface area contributed by atoms with Crippen LogP contribution in [-0.2, 0) is 10.0 Å². The lowest BCUT2D eigenvalue weighted by Gasteiger charge is -2.25. The third kappa shape index (κ3) is 2.68. The van der Waals surface area contributed by atoms with Crippen molar-refractivity contribution in [3.63, 3.8) is 0 Å². The molecule has 0 saturated heterocycles. The topological polar surface area (TPSA) is 82.9 Å². The van der Waals surface area contributed by atoms with E-state index in [4.69, 9.17) is 5.26 Å². The molecule has 6 heteroatoms. The Hall–Kier alpha value is -1.45. The van der Waals surface area contributed by atoms with Crippen LogP contribution in [0, 0.1) is 17.2 Å². The van der Waals surface area contributed by atoms with Crippen molar-refractivity contribution in [1.82, 2.24) is 9.71 Å². The molecule has 0 radical (unpaired) electrons. The quantitative estimate of drug-likeness (QED) is 0.892. The smallest absolute Gasteiger partial charge is 0.242 e. The van der Waals surface area contributed by atoms with E-state index in [-0.39, 0.29) is 10.6 Å². The Bertz CT molecular complexity index is 581. The van der Waals surface area contributed by atoms with Crippen molar-refractivity contribution < 1.29 is 8.42 Å². The third-order valence-corrected chi connectivity index (χ3v) is 4.81. The summed E-state index contributed by atoms with van der Waals surface area (Å²) in [6, 6.07) is 4.66. The van der Waals surface area contributed by atoms with Gasteiger partial charge in [0.2, 0.25) is 10.0 Å². The summed E-state index contributed by atoms with van der Waals surface area (Å²) in [6.45, 7) is 3.78.